The van der Waals surface area contributed by atoms with Crippen molar-refractivity contribution in [3.05, 3.63) is 35.6 Å². The van der Waals surface area contributed by atoms with E-state index in [1.54, 1.807) is 26.3 Å². The average molecular weight is 395 g/mol. The molecule has 1 rings (SSSR count). The summed E-state index contributed by atoms with van der Waals surface area (Å²) in [5, 5.41) is 6.34. The predicted molar refractivity (Wildman–Crippen MR) is 91.1 cm³/mol. The molecule has 0 amide bonds. The quantitative estimate of drug-likeness (QED) is 0.458. The van der Waals surface area contributed by atoms with Gasteiger partial charge >= 0.3 is 0 Å². The summed E-state index contributed by atoms with van der Waals surface area (Å²) in [6.45, 7) is 5.22. The molecule has 20 heavy (non-hydrogen) atoms. The summed E-state index contributed by atoms with van der Waals surface area (Å²) in [4.78, 5) is 4.12. The Balaban J connectivity index is 0.00000361. The van der Waals surface area contributed by atoms with Crippen molar-refractivity contribution in [3.63, 3.8) is 0 Å². The molecule has 0 aromatic heterocycles. The van der Waals surface area contributed by atoms with Crippen LogP contribution in [0.5, 0.6) is 0 Å². The summed E-state index contributed by atoms with van der Waals surface area (Å²) in [6.07, 6.45) is 0. The molecule has 0 aliphatic carbocycles. The molecule has 1 aromatic rings. The first-order valence-electron chi connectivity index (χ1n) is 6.21. The lowest BCUT2D eigenvalue weighted by atomic mass is 10.1. The number of ether oxygens (including phenoxy) is 1. The topological polar surface area (TPSA) is 45.7 Å². The molecule has 0 radical (unpaired) electrons. The van der Waals surface area contributed by atoms with Gasteiger partial charge in [0.2, 0.25) is 0 Å². The molecular formula is C14H23FIN3O. The maximum absolute atomic E-state index is 12.8. The molecule has 6 heteroatoms. The van der Waals surface area contributed by atoms with Gasteiger partial charge in [0.25, 0.3) is 0 Å². The van der Waals surface area contributed by atoms with Gasteiger partial charge in [-0.25, -0.2) is 4.39 Å². The van der Waals surface area contributed by atoms with Gasteiger partial charge in [-0.1, -0.05) is 12.1 Å². The van der Waals surface area contributed by atoms with Crippen LogP contribution in [0, 0.1) is 5.82 Å². The maximum atomic E-state index is 12.8. The molecular weight excluding hydrogens is 372 g/mol. The van der Waals surface area contributed by atoms with Crippen LogP contribution in [0.25, 0.3) is 0 Å². The van der Waals surface area contributed by atoms with Crippen LogP contribution in [-0.4, -0.2) is 32.3 Å². The number of halogens is 2. The van der Waals surface area contributed by atoms with Gasteiger partial charge in [0.1, 0.15) is 5.82 Å². The molecule has 0 bridgehead atoms. The van der Waals surface area contributed by atoms with Crippen molar-refractivity contribution in [1.29, 1.82) is 0 Å². The molecule has 0 saturated heterocycles. The lowest BCUT2D eigenvalue weighted by molar-refractivity contribution is 0.0268. The van der Waals surface area contributed by atoms with Crippen molar-refractivity contribution in [1.82, 2.24) is 10.6 Å². The normalized spacial score (nSPS) is 11.8. The van der Waals surface area contributed by atoms with E-state index in [4.69, 9.17) is 4.74 Å². The second-order valence-electron chi connectivity index (χ2n) is 4.87. The van der Waals surface area contributed by atoms with Crippen LogP contribution in [0.15, 0.2) is 29.3 Å². The van der Waals surface area contributed by atoms with Crippen LogP contribution in [0.2, 0.25) is 0 Å². The third-order valence-electron chi connectivity index (χ3n) is 2.83. The highest BCUT2D eigenvalue weighted by molar-refractivity contribution is 14.0. The molecule has 0 aliphatic heterocycles. The molecule has 0 unspecified atom stereocenters. The van der Waals surface area contributed by atoms with E-state index in [-0.39, 0.29) is 35.4 Å². The predicted octanol–water partition coefficient (Wildman–Crippen LogP) is 2.53. The molecule has 2 N–H and O–H groups in total. The van der Waals surface area contributed by atoms with Gasteiger partial charge in [-0.2, -0.15) is 0 Å². The number of hydrogen-bond donors (Lipinski definition) is 2. The molecule has 0 heterocycles. The molecule has 4 nitrogen and oxygen atoms in total. The standard InChI is InChI=1S/C14H22FN3O.HI/c1-14(2,19-4)10-18-13(16-3)17-9-11-5-7-12(15)8-6-11;/h5-8H,9-10H2,1-4H3,(H2,16,17,18);1H. The van der Waals surface area contributed by atoms with Gasteiger partial charge in [0.15, 0.2) is 5.96 Å². The van der Waals surface area contributed by atoms with E-state index in [0.29, 0.717) is 19.0 Å². The zero-order valence-corrected chi connectivity index (χ0v) is 14.7. The molecule has 0 saturated carbocycles. The Morgan fingerprint density at radius 2 is 1.85 bits per heavy atom. The van der Waals surface area contributed by atoms with Crippen LogP contribution < -0.4 is 10.6 Å². The summed E-state index contributed by atoms with van der Waals surface area (Å²) in [7, 11) is 3.39. The Morgan fingerprint density at radius 1 is 1.25 bits per heavy atom. The van der Waals surface area contributed by atoms with Gasteiger partial charge in [0, 0.05) is 27.2 Å². The van der Waals surface area contributed by atoms with Gasteiger partial charge in [-0.15, -0.1) is 24.0 Å². The Labute approximate surface area is 137 Å². The van der Waals surface area contributed by atoms with Crippen LogP contribution in [0.4, 0.5) is 4.39 Å². The summed E-state index contributed by atoms with van der Waals surface area (Å²) in [6, 6.07) is 6.38. The van der Waals surface area contributed by atoms with Crippen molar-refractivity contribution in [2.24, 2.45) is 4.99 Å². The zero-order chi connectivity index (χ0) is 14.3. The van der Waals surface area contributed by atoms with Crippen molar-refractivity contribution < 1.29 is 9.13 Å². The fraction of sp³-hybridized carbons (Fsp3) is 0.500. The Hall–Kier alpha value is -0.890. The molecule has 0 aliphatic rings. The van der Waals surface area contributed by atoms with Gasteiger partial charge in [-0.05, 0) is 31.5 Å². The molecule has 1 aromatic carbocycles. The fourth-order valence-corrected chi connectivity index (χ4v) is 1.38. The summed E-state index contributed by atoms with van der Waals surface area (Å²) >= 11 is 0. The minimum Gasteiger partial charge on any atom is -0.377 e. The van der Waals surface area contributed by atoms with Crippen molar-refractivity contribution >= 4 is 29.9 Å². The SMILES string of the molecule is CN=C(NCc1ccc(F)cc1)NCC(C)(C)OC.I. The number of benzene rings is 1. The highest BCUT2D eigenvalue weighted by Crippen LogP contribution is 2.05. The molecule has 0 spiro atoms. The van der Waals surface area contributed by atoms with Crippen molar-refractivity contribution in [3.8, 4) is 0 Å². The third kappa shape index (κ3) is 7.04. The smallest absolute Gasteiger partial charge is 0.191 e. The lowest BCUT2D eigenvalue weighted by Crippen LogP contribution is -2.45. The minimum absolute atomic E-state index is 0. The van der Waals surface area contributed by atoms with Crippen molar-refractivity contribution in [2.45, 2.75) is 26.0 Å². The molecule has 0 fully saturated rings. The highest BCUT2D eigenvalue weighted by Gasteiger charge is 2.16. The van der Waals surface area contributed by atoms with Gasteiger partial charge < -0.3 is 15.4 Å². The van der Waals surface area contributed by atoms with Crippen LogP contribution in [0.1, 0.15) is 19.4 Å². The summed E-state index contributed by atoms with van der Waals surface area (Å²) < 4.78 is 18.1. The van der Waals surface area contributed by atoms with E-state index < -0.39 is 0 Å². The summed E-state index contributed by atoms with van der Waals surface area (Å²) in [5.74, 6) is 0.461. The van der Waals surface area contributed by atoms with E-state index >= 15 is 0 Å². The number of nitrogens with one attached hydrogen (secondary N) is 2. The van der Waals surface area contributed by atoms with E-state index in [0.717, 1.165) is 5.56 Å². The second kappa shape index (κ2) is 9.12. The number of guanidine groups is 1. The van der Waals surface area contributed by atoms with Gasteiger partial charge in [-0.3, -0.25) is 4.99 Å². The fourth-order valence-electron chi connectivity index (χ4n) is 1.38. The van der Waals surface area contributed by atoms with Gasteiger partial charge in [0.05, 0.1) is 5.60 Å². The largest absolute Gasteiger partial charge is 0.377 e. The van der Waals surface area contributed by atoms with Crippen LogP contribution in [-0.2, 0) is 11.3 Å². The lowest BCUT2D eigenvalue weighted by Gasteiger charge is -2.24. The zero-order valence-electron chi connectivity index (χ0n) is 12.4. The first-order chi connectivity index (χ1) is 8.96. The van der Waals surface area contributed by atoms with E-state index in [2.05, 4.69) is 15.6 Å². The van der Waals surface area contributed by atoms with Crippen LogP contribution in [0.3, 0.4) is 0 Å². The maximum Gasteiger partial charge on any atom is 0.191 e. The van der Waals surface area contributed by atoms with E-state index in [1.807, 2.05) is 13.8 Å². The number of methoxy groups -OCH3 is 1. The van der Waals surface area contributed by atoms with E-state index in [9.17, 15) is 4.39 Å². The highest BCUT2D eigenvalue weighted by atomic mass is 127. The molecule has 114 valence electrons. The second-order valence-corrected chi connectivity index (χ2v) is 4.87. The first-order valence-corrected chi connectivity index (χ1v) is 6.21. The summed E-state index contributed by atoms with van der Waals surface area (Å²) in [5.41, 5.74) is 0.739. The monoisotopic (exact) mass is 395 g/mol. The Morgan fingerprint density at radius 3 is 2.35 bits per heavy atom. The number of rotatable bonds is 5. The Kier molecular flexibility index (Phi) is 8.71. The average Bonchev–Trinajstić information content (AvgIpc) is 2.41. The number of nitrogens with zero attached hydrogens (tertiary/aromatic N) is 1. The first kappa shape index (κ1) is 19.1. The Bertz CT molecular complexity index is 421. The third-order valence-corrected chi connectivity index (χ3v) is 2.83. The van der Waals surface area contributed by atoms with Crippen LogP contribution >= 0.6 is 24.0 Å². The minimum atomic E-state index is -0.256. The number of aliphatic imine (C=N–C) groups is 1. The van der Waals surface area contributed by atoms with Crippen molar-refractivity contribution in [2.75, 3.05) is 20.7 Å². The molecule has 0 atom stereocenters. The number of hydrogen-bond acceptors (Lipinski definition) is 2. The van der Waals surface area contributed by atoms with E-state index in [1.165, 1.54) is 12.1 Å².